The number of nitrogens with zero attached hydrogens (tertiary/aromatic N) is 4. The molecule has 1 atom stereocenters. The monoisotopic (exact) mass is 214 g/mol. The molecule has 1 rings (SSSR count). The summed E-state index contributed by atoms with van der Waals surface area (Å²) in [6, 6.07) is 0. The maximum Gasteiger partial charge on any atom is 0.378 e. The summed E-state index contributed by atoms with van der Waals surface area (Å²) in [5, 5.41) is 19.9. The normalized spacial score (nSPS) is 12.5. The Hall–Kier alpha value is -1.50. The summed E-state index contributed by atoms with van der Waals surface area (Å²) in [5.41, 5.74) is 0. The van der Waals surface area contributed by atoms with Gasteiger partial charge in [-0.15, -0.1) is 5.10 Å². The van der Waals surface area contributed by atoms with E-state index in [1.165, 1.54) is 4.68 Å². The summed E-state index contributed by atoms with van der Waals surface area (Å²) in [6.45, 7) is 3.99. The zero-order valence-electron chi connectivity index (χ0n) is 8.75. The first kappa shape index (κ1) is 11.6. The lowest BCUT2D eigenvalue weighted by Gasteiger charge is -2.07. The van der Waals surface area contributed by atoms with Gasteiger partial charge in [0.05, 0.1) is 19.3 Å². The minimum Gasteiger partial charge on any atom is -0.460 e. The maximum atomic E-state index is 11.3. The number of carbonyl (C=O) groups is 1. The molecule has 0 radical (unpaired) electrons. The second-order valence-corrected chi connectivity index (χ2v) is 2.97. The molecule has 7 heteroatoms. The number of hydrogen-bond donors (Lipinski definition) is 1. The number of hydrogen-bond acceptors (Lipinski definition) is 6. The minimum atomic E-state index is -0.578. The molecule has 0 fully saturated rings. The first-order chi connectivity index (χ1) is 7.19. The van der Waals surface area contributed by atoms with Crippen LogP contribution in [0.1, 0.15) is 30.9 Å². The first-order valence-corrected chi connectivity index (χ1v) is 4.80. The molecule has 0 aliphatic rings. The smallest absolute Gasteiger partial charge is 0.378 e. The lowest BCUT2D eigenvalue weighted by Crippen LogP contribution is -2.21. The summed E-state index contributed by atoms with van der Waals surface area (Å²) in [5.74, 6) is -0.560. The second-order valence-electron chi connectivity index (χ2n) is 2.97. The summed E-state index contributed by atoms with van der Waals surface area (Å²) < 4.78 is 6.00. The molecule has 7 nitrogen and oxygen atoms in total. The second kappa shape index (κ2) is 5.40. The van der Waals surface area contributed by atoms with Gasteiger partial charge in [0.2, 0.25) is 0 Å². The molecular formula is C8H14N4O3. The van der Waals surface area contributed by atoms with Gasteiger partial charge >= 0.3 is 5.97 Å². The van der Waals surface area contributed by atoms with Crippen molar-refractivity contribution in [2.45, 2.75) is 32.9 Å². The Morgan fingerprint density at radius 3 is 2.93 bits per heavy atom. The van der Waals surface area contributed by atoms with Gasteiger partial charge in [-0.05, 0) is 23.8 Å². The highest BCUT2D eigenvalue weighted by atomic mass is 16.5. The molecule has 0 spiro atoms. The van der Waals surface area contributed by atoms with E-state index in [1.54, 1.807) is 6.92 Å². The van der Waals surface area contributed by atoms with E-state index in [4.69, 9.17) is 4.74 Å². The van der Waals surface area contributed by atoms with E-state index in [2.05, 4.69) is 15.5 Å². The van der Waals surface area contributed by atoms with E-state index >= 15 is 0 Å². The molecule has 1 heterocycles. The Kier molecular flexibility index (Phi) is 4.17. The molecule has 0 saturated heterocycles. The van der Waals surface area contributed by atoms with Crippen molar-refractivity contribution < 1.29 is 14.6 Å². The fraction of sp³-hybridized carbons (Fsp3) is 0.750. The summed E-state index contributed by atoms with van der Waals surface area (Å²) >= 11 is 0. The van der Waals surface area contributed by atoms with Crippen LogP contribution in [0.3, 0.4) is 0 Å². The predicted molar refractivity (Wildman–Crippen MR) is 50.1 cm³/mol. The Labute approximate surface area is 87.0 Å². The van der Waals surface area contributed by atoms with Crippen LogP contribution in [0.15, 0.2) is 0 Å². The number of aromatic nitrogens is 4. The lowest BCUT2D eigenvalue weighted by molar-refractivity contribution is 0.0498. The van der Waals surface area contributed by atoms with E-state index in [1.807, 2.05) is 6.92 Å². The number of aliphatic hydroxyl groups is 1. The molecule has 0 saturated carbocycles. The summed E-state index contributed by atoms with van der Waals surface area (Å²) in [6.07, 6.45) is 0.00366. The highest BCUT2D eigenvalue weighted by Gasteiger charge is 2.17. The summed E-state index contributed by atoms with van der Waals surface area (Å²) in [7, 11) is 0. The Balaban J connectivity index is 2.73. The van der Waals surface area contributed by atoms with Crippen LogP contribution >= 0.6 is 0 Å². The molecule has 1 N–H and O–H groups in total. The van der Waals surface area contributed by atoms with Crippen LogP contribution in [0, 0.1) is 0 Å². The molecule has 1 aromatic heterocycles. The minimum absolute atomic E-state index is 0.0179. The third-order valence-corrected chi connectivity index (χ3v) is 1.84. The largest absolute Gasteiger partial charge is 0.460 e. The van der Waals surface area contributed by atoms with E-state index in [9.17, 15) is 9.90 Å². The number of carbonyl (C=O) groups excluding carboxylic acids is 1. The van der Waals surface area contributed by atoms with E-state index < -0.39 is 12.1 Å². The third-order valence-electron chi connectivity index (χ3n) is 1.84. The van der Waals surface area contributed by atoms with Crippen LogP contribution in [0.2, 0.25) is 0 Å². The fourth-order valence-electron chi connectivity index (χ4n) is 0.998. The SMILES string of the molecule is CCOC(=O)c1nnnn1CC(O)CC. The van der Waals surface area contributed by atoms with Gasteiger partial charge in [-0.2, -0.15) is 0 Å². The highest BCUT2D eigenvalue weighted by molar-refractivity contribution is 5.85. The molecule has 0 aliphatic carbocycles. The molecule has 84 valence electrons. The Morgan fingerprint density at radius 2 is 2.33 bits per heavy atom. The van der Waals surface area contributed by atoms with Crippen LogP contribution < -0.4 is 0 Å². The van der Waals surface area contributed by atoms with Gasteiger partial charge in [0.15, 0.2) is 0 Å². The number of aliphatic hydroxyl groups excluding tert-OH is 1. The van der Waals surface area contributed by atoms with Crippen LogP contribution in [0.4, 0.5) is 0 Å². The van der Waals surface area contributed by atoms with Gasteiger partial charge in [0.25, 0.3) is 5.82 Å². The zero-order chi connectivity index (χ0) is 11.3. The van der Waals surface area contributed by atoms with Gasteiger partial charge in [-0.3, -0.25) is 0 Å². The quantitative estimate of drug-likeness (QED) is 0.672. The molecule has 0 aliphatic heterocycles. The van der Waals surface area contributed by atoms with Gasteiger partial charge in [0, 0.05) is 0 Å². The van der Waals surface area contributed by atoms with Crippen molar-refractivity contribution in [2.24, 2.45) is 0 Å². The molecule has 1 unspecified atom stereocenters. The molecule has 0 aromatic carbocycles. The number of esters is 1. The van der Waals surface area contributed by atoms with Crippen molar-refractivity contribution in [1.82, 2.24) is 20.2 Å². The van der Waals surface area contributed by atoms with Gasteiger partial charge in [0.1, 0.15) is 0 Å². The molecule has 0 amide bonds. The van der Waals surface area contributed by atoms with E-state index in [0.717, 1.165) is 0 Å². The first-order valence-electron chi connectivity index (χ1n) is 4.80. The Morgan fingerprint density at radius 1 is 1.60 bits per heavy atom. The maximum absolute atomic E-state index is 11.3. The van der Waals surface area contributed by atoms with Crippen molar-refractivity contribution in [1.29, 1.82) is 0 Å². The average Bonchev–Trinajstić information content (AvgIpc) is 2.66. The van der Waals surface area contributed by atoms with Crippen molar-refractivity contribution >= 4 is 5.97 Å². The topological polar surface area (TPSA) is 90.1 Å². The number of rotatable bonds is 5. The van der Waals surface area contributed by atoms with Crippen LogP contribution in [-0.2, 0) is 11.3 Å². The average molecular weight is 214 g/mol. The van der Waals surface area contributed by atoms with Crippen LogP contribution in [0.25, 0.3) is 0 Å². The van der Waals surface area contributed by atoms with Crippen molar-refractivity contribution in [3.05, 3.63) is 5.82 Å². The predicted octanol–water partition coefficient (Wildman–Crippen LogP) is -0.379. The highest BCUT2D eigenvalue weighted by Crippen LogP contribution is 2.00. The lowest BCUT2D eigenvalue weighted by atomic mass is 10.3. The van der Waals surface area contributed by atoms with Gasteiger partial charge in [-0.25, -0.2) is 9.48 Å². The van der Waals surface area contributed by atoms with Gasteiger partial charge < -0.3 is 9.84 Å². The van der Waals surface area contributed by atoms with Crippen LogP contribution in [0.5, 0.6) is 0 Å². The Bertz CT molecular complexity index is 325. The molecule has 1 aromatic rings. The molecule has 0 bridgehead atoms. The molecule has 15 heavy (non-hydrogen) atoms. The van der Waals surface area contributed by atoms with E-state index in [-0.39, 0.29) is 19.0 Å². The van der Waals surface area contributed by atoms with Crippen molar-refractivity contribution in [2.75, 3.05) is 6.61 Å². The number of tetrazole rings is 1. The van der Waals surface area contributed by atoms with E-state index in [0.29, 0.717) is 6.42 Å². The van der Waals surface area contributed by atoms with Gasteiger partial charge in [-0.1, -0.05) is 6.92 Å². The standard InChI is InChI=1S/C8H14N4O3/c1-3-6(13)5-12-7(9-10-11-12)8(14)15-4-2/h6,13H,3-5H2,1-2H3. The number of ether oxygens (including phenoxy) is 1. The zero-order valence-corrected chi connectivity index (χ0v) is 8.75. The summed E-state index contributed by atoms with van der Waals surface area (Å²) in [4.78, 5) is 11.3. The van der Waals surface area contributed by atoms with Crippen LogP contribution in [-0.4, -0.2) is 44.0 Å². The van der Waals surface area contributed by atoms with Crippen molar-refractivity contribution in [3.8, 4) is 0 Å². The third kappa shape index (κ3) is 2.98. The van der Waals surface area contributed by atoms with Crippen molar-refractivity contribution in [3.63, 3.8) is 0 Å². The fourth-order valence-corrected chi connectivity index (χ4v) is 0.998. The molecular weight excluding hydrogens is 200 g/mol.